The fraction of sp³-hybridized carbons (Fsp3) is 0.364. The van der Waals surface area contributed by atoms with Crippen LogP contribution in [0.5, 0.6) is 0 Å². The molecule has 1 aliphatic heterocycles. The van der Waals surface area contributed by atoms with Crippen LogP contribution in [-0.2, 0) is 9.53 Å². The summed E-state index contributed by atoms with van der Waals surface area (Å²) in [5.74, 6) is -0.0763. The summed E-state index contributed by atoms with van der Waals surface area (Å²) >= 11 is 12.5. The van der Waals surface area contributed by atoms with Gasteiger partial charge in [-0.05, 0) is 37.3 Å². The van der Waals surface area contributed by atoms with Gasteiger partial charge in [0.15, 0.2) is 0 Å². The highest BCUT2D eigenvalue weighted by atomic mass is 35.5. The van der Waals surface area contributed by atoms with Gasteiger partial charge in [-0.2, -0.15) is 0 Å². The van der Waals surface area contributed by atoms with E-state index in [0.717, 1.165) is 0 Å². The van der Waals surface area contributed by atoms with Crippen LogP contribution in [0.15, 0.2) is 60.8 Å². The number of aliphatic imine (C=N–C) groups is 1. The molecule has 1 aliphatic rings. The summed E-state index contributed by atoms with van der Waals surface area (Å²) in [5, 5.41) is 10.8. The number of ether oxygens (including phenoxy) is 1. The molecule has 31 heavy (non-hydrogen) atoms. The van der Waals surface area contributed by atoms with E-state index in [4.69, 9.17) is 32.9 Å². The fourth-order valence-corrected chi connectivity index (χ4v) is 3.55. The van der Waals surface area contributed by atoms with Gasteiger partial charge in [-0.25, -0.2) is 0 Å². The van der Waals surface area contributed by atoms with Crippen LogP contribution in [0.25, 0.3) is 0 Å². The number of aliphatic hydroxyl groups is 1. The Morgan fingerprint density at radius 2 is 1.97 bits per heavy atom. The Kier molecular flexibility index (Phi) is 9.90. The summed E-state index contributed by atoms with van der Waals surface area (Å²) in [6, 6.07) is 4.98. The molecule has 1 N–H and O–H groups in total. The zero-order chi connectivity index (χ0) is 23.0. The molecule has 2 rings (SSSR count). The number of carbonyl (C=O) groups excluding carboxylic acids is 1. The molecule has 1 unspecified atom stereocenters. The molecular weight excluding hydrogens is 439 g/mol. The molecule has 1 atom stereocenters. The second-order valence-electron chi connectivity index (χ2n) is 6.76. The number of carbonyl (C=O) groups is 1. The summed E-state index contributed by atoms with van der Waals surface area (Å²) < 4.78 is 5.24. The maximum absolute atomic E-state index is 12.6. The fourth-order valence-electron chi connectivity index (χ4n) is 3.06. The molecule has 1 aromatic carbocycles. The van der Waals surface area contributed by atoms with Crippen LogP contribution >= 0.6 is 23.2 Å². The van der Waals surface area contributed by atoms with Gasteiger partial charge in [0, 0.05) is 49.1 Å². The molecule has 1 amide bonds. The van der Waals surface area contributed by atoms with Gasteiger partial charge in [0.25, 0.3) is 5.91 Å². The molecular formula is C22H28Cl2N4O3. The van der Waals surface area contributed by atoms with Gasteiger partial charge in [-0.3, -0.25) is 24.5 Å². The number of aliphatic hydroxyl groups excluding tert-OH is 1. The van der Waals surface area contributed by atoms with Gasteiger partial charge < -0.3 is 9.84 Å². The van der Waals surface area contributed by atoms with E-state index in [0.29, 0.717) is 66.6 Å². The predicted molar refractivity (Wildman–Crippen MR) is 125 cm³/mol. The van der Waals surface area contributed by atoms with Crippen molar-refractivity contribution in [2.45, 2.75) is 13.3 Å². The standard InChI is InChI=1S/C22H28Cl2N4O3/c1-5-16(4)28(20(29)6-2)21(18-9-8-17(23)14-19(18)24)25-15-26-10-12-27(13-11-26)22(30)31-7-3/h5-6,8-9,14,22,30H,1-2,4,7,10-13,15H2,3H3/b25-21-. The van der Waals surface area contributed by atoms with Gasteiger partial charge in [0.1, 0.15) is 5.84 Å². The van der Waals surface area contributed by atoms with E-state index in [9.17, 15) is 9.90 Å². The minimum absolute atomic E-state index is 0.318. The SMILES string of the molecule is C=CC(=C)N(C(=O)C=C)/C(=N\CN1CCN(C(O)OCC)CC1)c1ccc(Cl)cc1Cl. The summed E-state index contributed by atoms with van der Waals surface area (Å²) in [4.78, 5) is 22.6. The molecule has 1 saturated heterocycles. The van der Waals surface area contributed by atoms with Crippen molar-refractivity contribution in [1.29, 1.82) is 0 Å². The van der Waals surface area contributed by atoms with Crippen molar-refractivity contribution in [3.63, 3.8) is 0 Å². The van der Waals surface area contributed by atoms with E-state index in [1.807, 2.05) is 11.8 Å². The van der Waals surface area contributed by atoms with Crippen LogP contribution in [-0.4, -0.2) is 77.4 Å². The van der Waals surface area contributed by atoms with Gasteiger partial charge in [-0.15, -0.1) is 0 Å². The van der Waals surface area contributed by atoms with E-state index in [1.54, 1.807) is 18.2 Å². The van der Waals surface area contributed by atoms with E-state index in [-0.39, 0.29) is 0 Å². The highest BCUT2D eigenvalue weighted by molar-refractivity contribution is 6.37. The first-order valence-corrected chi connectivity index (χ1v) is 10.6. The number of allylic oxidation sites excluding steroid dienone is 1. The van der Waals surface area contributed by atoms with Gasteiger partial charge in [0.05, 0.1) is 11.7 Å². The Hall–Kier alpha value is -2.00. The van der Waals surface area contributed by atoms with Crippen molar-refractivity contribution < 1.29 is 14.6 Å². The lowest BCUT2D eigenvalue weighted by molar-refractivity contribution is -0.198. The van der Waals surface area contributed by atoms with Crippen molar-refractivity contribution in [1.82, 2.24) is 14.7 Å². The lowest BCUT2D eigenvalue weighted by atomic mass is 10.1. The summed E-state index contributed by atoms with van der Waals surface area (Å²) in [6.45, 7) is 16.4. The maximum Gasteiger partial charge on any atom is 0.256 e. The Labute approximate surface area is 193 Å². The third-order valence-electron chi connectivity index (χ3n) is 4.76. The molecule has 0 saturated carbocycles. The van der Waals surface area contributed by atoms with Crippen LogP contribution in [0, 0.1) is 0 Å². The topological polar surface area (TPSA) is 68.6 Å². The number of benzene rings is 1. The Morgan fingerprint density at radius 3 is 2.52 bits per heavy atom. The molecule has 0 radical (unpaired) electrons. The smallest absolute Gasteiger partial charge is 0.256 e. The lowest BCUT2D eigenvalue weighted by Gasteiger charge is -2.36. The first kappa shape index (κ1) is 25.3. The largest absolute Gasteiger partial charge is 0.356 e. The summed E-state index contributed by atoms with van der Waals surface area (Å²) in [6.07, 6.45) is 1.74. The molecule has 0 bridgehead atoms. The first-order chi connectivity index (χ1) is 14.8. The quantitative estimate of drug-likeness (QED) is 0.198. The zero-order valence-corrected chi connectivity index (χ0v) is 19.1. The number of rotatable bonds is 9. The number of halogens is 2. The number of hydrogen-bond acceptors (Lipinski definition) is 6. The number of nitrogens with zero attached hydrogens (tertiary/aromatic N) is 4. The second-order valence-corrected chi connectivity index (χ2v) is 7.60. The average Bonchev–Trinajstić information content (AvgIpc) is 2.76. The van der Waals surface area contributed by atoms with Crippen LogP contribution in [0.3, 0.4) is 0 Å². The molecule has 1 aromatic rings. The summed E-state index contributed by atoms with van der Waals surface area (Å²) in [5.41, 5.74) is 0.883. The van der Waals surface area contributed by atoms with Crippen LogP contribution in [0.1, 0.15) is 12.5 Å². The Morgan fingerprint density at radius 1 is 1.29 bits per heavy atom. The molecule has 1 heterocycles. The minimum atomic E-state index is -0.907. The van der Waals surface area contributed by atoms with E-state index in [1.165, 1.54) is 17.1 Å². The number of piperazine rings is 1. The predicted octanol–water partition coefficient (Wildman–Crippen LogP) is 3.34. The zero-order valence-electron chi connectivity index (χ0n) is 17.6. The van der Waals surface area contributed by atoms with Crippen molar-refractivity contribution in [2.24, 2.45) is 4.99 Å². The van der Waals surface area contributed by atoms with Crippen LogP contribution in [0.4, 0.5) is 0 Å². The van der Waals surface area contributed by atoms with Crippen LogP contribution < -0.4 is 0 Å². The highest BCUT2D eigenvalue weighted by Crippen LogP contribution is 2.25. The van der Waals surface area contributed by atoms with Gasteiger partial charge >= 0.3 is 0 Å². The van der Waals surface area contributed by atoms with Crippen molar-refractivity contribution in [2.75, 3.05) is 39.5 Å². The Balaban J connectivity index is 2.29. The Bertz CT molecular complexity index is 831. The molecule has 7 nitrogen and oxygen atoms in total. The van der Waals surface area contributed by atoms with Crippen molar-refractivity contribution in [3.8, 4) is 0 Å². The third-order valence-corrected chi connectivity index (χ3v) is 5.30. The molecule has 0 aromatic heterocycles. The molecule has 0 spiro atoms. The minimum Gasteiger partial charge on any atom is -0.356 e. The van der Waals surface area contributed by atoms with E-state index >= 15 is 0 Å². The molecule has 168 valence electrons. The number of hydrogen-bond donors (Lipinski definition) is 1. The van der Waals surface area contributed by atoms with Crippen LogP contribution in [0.2, 0.25) is 10.0 Å². The van der Waals surface area contributed by atoms with E-state index in [2.05, 4.69) is 24.6 Å². The summed E-state index contributed by atoms with van der Waals surface area (Å²) in [7, 11) is 0. The third kappa shape index (κ3) is 6.74. The number of amides is 1. The van der Waals surface area contributed by atoms with Crippen molar-refractivity contribution >= 4 is 34.9 Å². The lowest BCUT2D eigenvalue weighted by Crippen LogP contribution is -2.51. The maximum atomic E-state index is 12.6. The second kappa shape index (κ2) is 12.1. The average molecular weight is 467 g/mol. The number of amidine groups is 1. The molecule has 9 heteroatoms. The molecule has 1 fully saturated rings. The molecule has 0 aliphatic carbocycles. The highest BCUT2D eigenvalue weighted by Gasteiger charge is 2.25. The van der Waals surface area contributed by atoms with E-state index < -0.39 is 12.3 Å². The van der Waals surface area contributed by atoms with Gasteiger partial charge in [-0.1, -0.05) is 42.9 Å². The first-order valence-electron chi connectivity index (χ1n) is 9.86. The van der Waals surface area contributed by atoms with Crippen molar-refractivity contribution in [3.05, 3.63) is 71.4 Å². The monoisotopic (exact) mass is 466 g/mol. The normalized spacial score (nSPS) is 16.6. The van der Waals surface area contributed by atoms with Gasteiger partial charge in [0.2, 0.25) is 6.41 Å².